The third-order valence-corrected chi connectivity index (χ3v) is 4.68. The standard InChI is InChI=1S/C20H22ClF2NO3/c1-3-27-19(11-20(25)24-26)17(16-7-6-15(22)10-18(16)23)9-13-4-5-14(21)8-12(13)2/h4-8,10,17,19,26H,3,9,11H2,1-2H3,(H,24,25)/t17-,19-/m1/s1. The summed E-state index contributed by atoms with van der Waals surface area (Å²) in [6.07, 6.45) is -0.523. The molecule has 0 aliphatic rings. The average molecular weight is 398 g/mol. The Morgan fingerprint density at radius 2 is 2.00 bits per heavy atom. The van der Waals surface area contributed by atoms with Crippen LogP contribution < -0.4 is 5.48 Å². The van der Waals surface area contributed by atoms with Crippen molar-refractivity contribution in [2.24, 2.45) is 0 Å². The van der Waals surface area contributed by atoms with E-state index < -0.39 is 29.6 Å². The second-order valence-corrected chi connectivity index (χ2v) is 6.72. The summed E-state index contributed by atoms with van der Waals surface area (Å²) in [5.74, 6) is -2.60. The molecule has 146 valence electrons. The van der Waals surface area contributed by atoms with Gasteiger partial charge in [0.05, 0.1) is 12.5 Å². The Hall–Kier alpha value is -2.02. The van der Waals surface area contributed by atoms with E-state index in [1.165, 1.54) is 12.1 Å². The lowest BCUT2D eigenvalue weighted by atomic mass is 9.84. The van der Waals surface area contributed by atoms with E-state index in [2.05, 4.69) is 0 Å². The molecule has 0 aliphatic heterocycles. The first-order chi connectivity index (χ1) is 12.8. The van der Waals surface area contributed by atoms with E-state index in [1.54, 1.807) is 24.5 Å². The molecule has 2 aromatic rings. The van der Waals surface area contributed by atoms with Crippen LogP contribution in [0.2, 0.25) is 5.02 Å². The van der Waals surface area contributed by atoms with Crippen LogP contribution in [-0.4, -0.2) is 23.8 Å². The van der Waals surface area contributed by atoms with Gasteiger partial charge in [0.25, 0.3) is 0 Å². The number of ether oxygens (including phenoxy) is 1. The summed E-state index contributed by atoms with van der Waals surface area (Å²) in [7, 11) is 0. The molecule has 2 aromatic carbocycles. The quantitative estimate of drug-likeness (QED) is 0.507. The number of aryl methyl sites for hydroxylation is 1. The normalized spacial score (nSPS) is 13.3. The number of amides is 1. The Morgan fingerprint density at radius 3 is 2.59 bits per heavy atom. The van der Waals surface area contributed by atoms with Crippen molar-refractivity contribution in [2.45, 2.75) is 38.7 Å². The molecule has 4 nitrogen and oxygen atoms in total. The van der Waals surface area contributed by atoms with Crippen LogP contribution in [0.3, 0.4) is 0 Å². The number of halogens is 3. The first-order valence-electron chi connectivity index (χ1n) is 8.60. The molecule has 0 aromatic heterocycles. The van der Waals surface area contributed by atoms with Gasteiger partial charge in [0.2, 0.25) is 5.91 Å². The molecular weight excluding hydrogens is 376 g/mol. The summed E-state index contributed by atoms with van der Waals surface area (Å²) in [4.78, 5) is 11.7. The smallest absolute Gasteiger partial charge is 0.245 e. The second-order valence-electron chi connectivity index (χ2n) is 6.28. The van der Waals surface area contributed by atoms with Crippen molar-refractivity contribution >= 4 is 17.5 Å². The van der Waals surface area contributed by atoms with Crippen molar-refractivity contribution in [2.75, 3.05) is 6.61 Å². The zero-order valence-corrected chi connectivity index (χ0v) is 15.9. The Morgan fingerprint density at radius 1 is 1.26 bits per heavy atom. The molecule has 27 heavy (non-hydrogen) atoms. The van der Waals surface area contributed by atoms with Crippen LogP contribution in [0.15, 0.2) is 36.4 Å². The molecule has 0 aliphatic carbocycles. The number of hydrogen-bond donors (Lipinski definition) is 2. The van der Waals surface area contributed by atoms with Crippen LogP contribution in [0.25, 0.3) is 0 Å². The molecule has 0 spiro atoms. The zero-order chi connectivity index (χ0) is 20.0. The number of nitrogens with one attached hydrogen (secondary N) is 1. The number of carbonyl (C=O) groups is 1. The van der Waals surface area contributed by atoms with Gasteiger partial charge in [-0.05, 0) is 55.2 Å². The maximum Gasteiger partial charge on any atom is 0.245 e. The highest BCUT2D eigenvalue weighted by molar-refractivity contribution is 6.30. The van der Waals surface area contributed by atoms with Crippen molar-refractivity contribution in [3.8, 4) is 0 Å². The van der Waals surface area contributed by atoms with Crippen molar-refractivity contribution in [3.63, 3.8) is 0 Å². The predicted octanol–water partition coefficient (Wildman–Crippen LogP) is 4.55. The van der Waals surface area contributed by atoms with E-state index >= 15 is 0 Å². The van der Waals surface area contributed by atoms with Crippen molar-refractivity contribution < 1.29 is 23.5 Å². The third kappa shape index (κ3) is 5.73. The second kappa shape index (κ2) is 9.78. The Kier molecular flexibility index (Phi) is 7.71. The lowest BCUT2D eigenvalue weighted by Gasteiger charge is -2.28. The molecule has 2 N–H and O–H groups in total. The summed E-state index contributed by atoms with van der Waals surface area (Å²) in [5.41, 5.74) is 3.64. The minimum absolute atomic E-state index is 0.168. The molecule has 0 radical (unpaired) electrons. The fourth-order valence-electron chi connectivity index (χ4n) is 3.13. The van der Waals surface area contributed by atoms with E-state index in [0.29, 0.717) is 18.1 Å². The van der Waals surface area contributed by atoms with E-state index in [0.717, 1.165) is 17.2 Å². The minimum atomic E-state index is -0.711. The molecule has 1 amide bonds. The van der Waals surface area contributed by atoms with Gasteiger partial charge in [-0.2, -0.15) is 0 Å². The van der Waals surface area contributed by atoms with Gasteiger partial charge in [-0.15, -0.1) is 0 Å². The third-order valence-electron chi connectivity index (χ3n) is 4.45. The van der Waals surface area contributed by atoms with Gasteiger partial charge in [0, 0.05) is 23.6 Å². The van der Waals surface area contributed by atoms with Crippen LogP contribution in [0.5, 0.6) is 0 Å². The summed E-state index contributed by atoms with van der Waals surface area (Å²) in [6, 6.07) is 8.72. The Bertz CT molecular complexity index is 801. The molecule has 2 atom stereocenters. The number of carbonyl (C=O) groups excluding carboxylic acids is 1. The van der Waals surface area contributed by atoms with Gasteiger partial charge in [-0.3, -0.25) is 10.0 Å². The zero-order valence-electron chi connectivity index (χ0n) is 15.1. The largest absolute Gasteiger partial charge is 0.377 e. The SMILES string of the molecule is CCO[C@H](CC(=O)NO)[C@H](Cc1ccc(Cl)cc1C)c1ccc(F)cc1F. The average Bonchev–Trinajstić information content (AvgIpc) is 2.61. The van der Waals surface area contributed by atoms with Crippen LogP contribution in [0.1, 0.15) is 36.0 Å². The summed E-state index contributed by atoms with van der Waals surface area (Å²) >= 11 is 6.01. The van der Waals surface area contributed by atoms with Crippen LogP contribution in [0, 0.1) is 18.6 Å². The molecule has 0 saturated heterocycles. The van der Waals surface area contributed by atoms with E-state index in [4.69, 9.17) is 21.5 Å². The predicted molar refractivity (Wildman–Crippen MR) is 99.0 cm³/mol. The van der Waals surface area contributed by atoms with Gasteiger partial charge in [0.15, 0.2) is 0 Å². The first-order valence-corrected chi connectivity index (χ1v) is 8.98. The molecular formula is C20H22ClF2NO3. The fourth-order valence-corrected chi connectivity index (χ4v) is 3.36. The van der Waals surface area contributed by atoms with Gasteiger partial charge in [-0.1, -0.05) is 23.7 Å². The van der Waals surface area contributed by atoms with Gasteiger partial charge < -0.3 is 4.74 Å². The van der Waals surface area contributed by atoms with Gasteiger partial charge in [-0.25, -0.2) is 14.3 Å². The lowest BCUT2D eigenvalue weighted by molar-refractivity contribution is -0.132. The highest BCUT2D eigenvalue weighted by atomic mass is 35.5. The van der Waals surface area contributed by atoms with E-state index in [-0.39, 0.29) is 12.0 Å². The highest BCUT2D eigenvalue weighted by Crippen LogP contribution is 2.32. The van der Waals surface area contributed by atoms with Crippen LogP contribution in [-0.2, 0) is 16.0 Å². The Labute approximate surface area is 162 Å². The molecule has 0 saturated carbocycles. The molecule has 0 fully saturated rings. The van der Waals surface area contributed by atoms with E-state index in [1.807, 2.05) is 13.0 Å². The number of benzene rings is 2. The topological polar surface area (TPSA) is 58.6 Å². The van der Waals surface area contributed by atoms with Crippen LogP contribution >= 0.6 is 11.6 Å². The maximum absolute atomic E-state index is 14.5. The van der Waals surface area contributed by atoms with Crippen LogP contribution in [0.4, 0.5) is 8.78 Å². The number of hydrogen-bond acceptors (Lipinski definition) is 3. The molecule has 2 rings (SSSR count). The lowest BCUT2D eigenvalue weighted by Crippen LogP contribution is -2.32. The summed E-state index contributed by atoms with van der Waals surface area (Å²) < 4.78 is 33.6. The highest BCUT2D eigenvalue weighted by Gasteiger charge is 2.29. The summed E-state index contributed by atoms with van der Waals surface area (Å²) in [6.45, 7) is 3.94. The fraction of sp³-hybridized carbons (Fsp3) is 0.350. The molecule has 7 heteroatoms. The van der Waals surface area contributed by atoms with Crippen molar-refractivity contribution in [1.29, 1.82) is 0 Å². The number of rotatable bonds is 8. The molecule has 0 bridgehead atoms. The number of hydroxylamine groups is 1. The Balaban J connectivity index is 2.46. The monoisotopic (exact) mass is 397 g/mol. The van der Waals surface area contributed by atoms with Gasteiger partial charge >= 0.3 is 0 Å². The maximum atomic E-state index is 14.5. The van der Waals surface area contributed by atoms with E-state index in [9.17, 15) is 13.6 Å². The minimum Gasteiger partial charge on any atom is -0.377 e. The van der Waals surface area contributed by atoms with Crippen molar-refractivity contribution in [1.82, 2.24) is 5.48 Å². The van der Waals surface area contributed by atoms with Crippen molar-refractivity contribution in [3.05, 3.63) is 69.7 Å². The molecule has 0 heterocycles. The molecule has 0 unspecified atom stereocenters. The first kappa shape index (κ1) is 21.3. The van der Waals surface area contributed by atoms with Gasteiger partial charge in [0.1, 0.15) is 11.6 Å². The summed E-state index contributed by atoms with van der Waals surface area (Å²) in [5, 5.41) is 9.45.